The maximum atomic E-state index is 12.3. The Labute approximate surface area is 131 Å². The molecule has 6 nitrogen and oxygen atoms in total. The zero-order chi connectivity index (χ0) is 14.8. The Morgan fingerprint density at radius 1 is 1.48 bits per heavy atom. The second-order valence-corrected chi connectivity index (χ2v) is 6.57. The third-order valence-electron chi connectivity index (χ3n) is 3.44. The molecule has 0 radical (unpaired) electrons. The van der Waals surface area contributed by atoms with Gasteiger partial charge in [0.2, 0.25) is 0 Å². The van der Waals surface area contributed by atoms with Gasteiger partial charge in [-0.25, -0.2) is 0 Å². The summed E-state index contributed by atoms with van der Waals surface area (Å²) < 4.78 is 0. The highest BCUT2D eigenvalue weighted by molar-refractivity contribution is 5.94. The number of nitrogens with one attached hydrogen (secondary N) is 3. The second-order valence-electron chi connectivity index (χ2n) is 6.57. The van der Waals surface area contributed by atoms with Gasteiger partial charge < -0.3 is 15.7 Å². The molecule has 0 fully saturated rings. The highest BCUT2D eigenvalue weighted by atomic mass is 35.5. The lowest BCUT2D eigenvalue weighted by Gasteiger charge is -2.25. The number of amides is 1. The minimum Gasteiger partial charge on any atom is -0.394 e. The summed E-state index contributed by atoms with van der Waals surface area (Å²) in [6.07, 6.45) is 1.58. The summed E-state index contributed by atoms with van der Waals surface area (Å²) in [7, 11) is 0. The molecule has 4 N–H and O–H groups in total. The molecule has 2 rings (SSSR count). The smallest absolute Gasteiger partial charge is 0.272 e. The van der Waals surface area contributed by atoms with Crippen molar-refractivity contribution in [1.29, 1.82) is 0 Å². The van der Waals surface area contributed by atoms with Gasteiger partial charge in [0.1, 0.15) is 0 Å². The van der Waals surface area contributed by atoms with E-state index in [0.717, 1.165) is 30.6 Å². The van der Waals surface area contributed by atoms with Crippen LogP contribution in [0, 0.1) is 5.41 Å². The van der Waals surface area contributed by atoms with Crippen molar-refractivity contribution in [2.75, 3.05) is 13.2 Å². The lowest BCUT2D eigenvalue weighted by atomic mass is 9.88. The first-order chi connectivity index (χ1) is 9.40. The molecule has 2 heterocycles. The van der Waals surface area contributed by atoms with E-state index in [2.05, 4.69) is 41.6 Å². The third-order valence-corrected chi connectivity index (χ3v) is 3.44. The number of rotatable bonds is 4. The molecular weight excluding hydrogens is 292 g/mol. The van der Waals surface area contributed by atoms with Crippen molar-refractivity contribution in [1.82, 2.24) is 20.8 Å². The number of aliphatic hydroxyl groups is 1. The Morgan fingerprint density at radius 2 is 2.19 bits per heavy atom. The van der Waals surface area contributed by atoms with Gasteiger partial charge >= 0.3 is 0 Å². The first-order valence-electron chi connectivity index (χ1n) is 7.09. The molecule has 1 amide bonds. The SMILES string of the molecule is CC(C)(C)CC(CO)NC(=O)c1n[nH]c2c1CNCC2.Cl. The monoisotopic (exact) mass is 316 g/mol. The fraction of sp³-hybridized carbons (Fsp3) is 0.714. The van der Waals surface area contributed by atoms with E-state index in [-0.39, 0.29) is 36.4 Å². The summed E-state index contributed by atoms with van der Waals surface area (Å²) in [5, 5.41) is 22.6. The van der Waals surface area contributed by atoms with E-state index in [0.29, 0.717) is 12.2 Å². The number of aromatic amines is 1. The maximum Gasteiger partial charge on any atom is 0.272 e. The van der Waals surface area contributed by atoms with Gasteiger partial charge in [-0.2, -0.15) is 5.10 Å². The largest absolute Gasteiger partial charge is 0.394 e. The predicted molar refractivity (Wildman–Crippen MR) is 83.7 cm³/mol. The summed E-state index contributed by atoms with van der Waals surface area (Å²) in [6.45, 7) is 7.76. The molecule has 0 saturated carbocycles. The van der Waals surface area contributed by atoms with Crippen molar-refractivity contribution in [3.8, 4) is 0 Å². The molecule has 1 aliphatic heterocycles. The Bertz CT molecular complexity index is 482. The highest BCUT2D eigenvalue weighted by Crippen LogP contribution is 2.21. The van der Waals surface area contributed by atoms with E-state index in [4.69, 9.17) is 0 Å². The van der Waals surface area contributed by atoms with Crippen LogP contribution >= 0.6 is 12.4 Å². The van der Waals surface area contributed by atoms with Crippen molar-refractivity contribution >= 4 is 18.3 Å². The van der Waals surface area contributed by atoms with Crippen LogP contribution in [0.5, 0.6) is 0 Å². The van der Waals surface area contributed by atoms with Gasteiger partial charge in [-0.1, -0.05) is 20.8 Å². The van der Waals surface area contributed by atoms with Crippen LogP contribution in [-0.4, -0.2) is 40.4 Å². The number of nitrogens with zero attached hydrogens (tertiary/aromatic N) is 1. The number of halogens is 1. The standard InChI is InChI=1S/C14H24N4O2.ClH/c1-14(2,3)6-9(8-19)16-13(20)12-10-7-15-5-4-11(10)17-18-12;/h9,15,19H,4-8H2,1-3H3,(H,16,20)(H,17,18);1H. The molecule has 1 aromatic heterocycles. The Kier molecular flexibility index (Phi) is 6.19. The Balaban J connectivity index is 0.00000220. The maximum absolute atomic E-state index is 12.3. The van der Waals surface area contributed by atoms with E-state index in [9.17, 15) is 9.90 Å². The molecule has 7 heteroatoms. The van der Waals surface area contributed by atoms with Crippen LogP contribution in [0.2, 0.25) is 0 Å². The lowest BCUT2D eigenvalue weighted by molar-refractivity contribution is 0.0891. The van der Waals surface area contributed by atoms with Crippen molar-refractivity contribution in [3.63, 3.8) is 0 Å². The first-order valence-corrected chi connectivity index (χ1v) is 7.09. The molecule has 1 aliphatic rings. The van der Waals surface area contributed by atoms with Gasteiger partial charge in [0.15, 0.2) is 5.69 Å². The number of aliphatic hydroxyl groups excluding tert-OH is 1. The fourth-order valence-corrected chi connectivity index (χ4v) is 2.57. The third kappa shape index (κ3) is 4.69. The molecule has 21 heavy (non-hydrogen) atoms. The zero-order valence-electron chi connectivity index (χ0n) is 12.8. The first kappa shape index (κ1) is 17.9. The van der Waals surface area contributed by atoms with Crippen LogP contribution in [0.3, 0.4) is 0 Å². The minimum atomic E-state index is -0.244. The molecule has 120 valence electrons. The fourth-order valence-electron chi connectivity index (χ4n) is 2.57. The number of hydrogen-bond donors (Lipinski definition) is 4. The van der Waals surface area contributed by atoms with Gasteiger partial charge in [-0.05, 0) is 11.8 Å². The van der Waals surface area contributed by atoms with E-state index in [1.807, 2.05) is 0 Å². The molecule has 0 aromatic carbocycles. The summed E-state index contributed by atoms with van der Waals surface area (Å²) in [4.78, 5) is 12.3. The average molecular weight is 317 g/mol. The average Bonchev–Trinajstić information content (AvgIpc) is 2.80. The molecule has 1 aromatic rings. The molecule has 1 atom stereocenters. The van der Waals surface area contributed by atoms with Gasteiger partial charge in [-0.3, -0.25) is 9.89 Å². The number of carbonyl (C=O) groups excluding carboxylic acids is 1. The Hall–Kier alpha value is -1.11. The van der Waals surface area contributed by atoms with Gasteiger partial charge in [0.25, 0.3) is 5.91 Å². The summed E-state index contributed by atoms with van der Waals surface area (Å²) in [5.41, 5.74) is 2.47. The van der Waals surface area contributed by atoms with Crippen LogP contribution in [0.15, 0.2) is 0 Å². The van der Waals surface area contributed by atoms with Crippen LogP contribution in [0.25, 0.3) is 0 Å². The normalized spacial score (nSPS) is 15.8. The number of fused-ring (bicyclic) bond motifs is 1. The van der Waals surface area contributed by atoms with Gasteiger partial charge in [0.05, 0.1) is 12.6 Å². The van der Waals surface area contributed by atoms with E-state index in [1.165, 1.54) is 0 Å². The lowest BCUT2D eigenvalue weighted by Crippen LogP contribution is -2.40. The number of carbonyl (C=O) groups is 1. The topological polar surface area (TPSA) is 90.0 Å². The van der Waals surface area contributed by atoms with Crippen LogP contribution in [-0.2, 0) is 13.0 Å². The second kappa shape index (κ2) is 7.24. The van der Waals surface area contributed by atoms with E-state index >= 15 is 0 Å². The Morgan fingerprint density at radius 3 is 2.81 bits per heavy atom. The highest BCUT2D eigenvalue weighted by Gasteiger charge is 2.25. The molecule has 0 spiro atoms. The molecular formula is C14H25ClN4O2. The number of aromatic nitrogens is 2. The van der Waals surface area contributed by atoms with Gasteiger partial charge in [0, 0.05) is 30.8 Å². The number of hydrogen-bond acceptors (Lipinski definition) is 4. The molecule has 1 unspecified atom stereocenters. The van der Waals surface area contributed by atoms with Crippen molar-refractivity contribution < 1.29 is 9.90 Å². The van der Waals surface area contributed by atoms with Crippen molar-refractivity contribution in [2.24, 2.45) is 5.41 Å². The zero-order valence-corrected chi connectivity index (χ0v) is 13.6. The van der Waals surface area contributed by atoms with E-state index in [1.54, 1.807) is 0 Å². The summed E-state index contributed by atoms with van der Waals surface area (Å²) >= 11 is 0. The quantitative estimate of drug-likeness (QED) is 0.667. The molecule has 0 bridgehead atoms. The number of H-pyrrole nitrogens is 1. The summed E-state index contributed by atoms with van der Waals surface area (Å²) in [5.74, 6) is -0.213. The van der Waals surface area contributed by atoms with Crippen molar-refractivity contribution in [2.45, 2.75) is 46.2 Å². The van der Waals surface area contributed by atoms with Crippen LogP contribution < -0.4 is 10.6 Å². The predicted octanol–water partition coefficient (Wildman–Crippen LogP) is 1.00. The molecule has 0 saturated heterocycles. The van der Waals surface area contributed by atoms with Crippen molar-refractivity contribution in [3.05, 3.63) is 17.0 Å². The minimum absolute atomic E-state index is 0. The van der Waals surface area contributed by atoms with Crippen LogP contribution in [0.4, 0.5) is 0 Å². The van der Waals surface area contributed by atoms with Gasteiger partial charge in [-0.15, -0.1) is 12.4 Å². The molecule has 0 aliphatic carbocycles. The summed E-state index contributed by atoms with van der Waals surface area (Å²) in [6, 6.07) is -0.244. The van der Waals surface area contributed by atoms with E-state index < -0.39 is 0 Å². The van der Waals surface area contributed by atoms with Crippen LogP contribution in [0.1, 0.15) is 48.9 Å².